The number of imidazole rings is 1. The van der Waals surface area contributed by atoms with Crippen LogP contribution in [-0.2, 0) is 10.0 Å². The highest BCUT2D eigenvalue weighted by Gasteiger charge is 2.29. The van der Waals surface area contributed by atoms with Crippen LogP contribution in [0.4, 0.5) is 10.3 Å². The number of hydrogen-bond acceptors (Lipinski definition) is 4. The first-order chi connectivity index (χ1) is 12.4. The Balaban J connectivity index is 1.50. The van der Waals surface area contributed by atoms with Crippen molar-refractivity contribution in [2.24, 2.45) is 0 Å². The molecule has 8 heteroatoms. The van der Waals surface area contributed by atoms with Crippen LogP contribution in [0, 0.1) is 12.7 Å². The van der Waals surface area contributed by atoms with Crippen LogP contribution in [0.2, 0.25) is 0 Å². The second-order valence-corrected chi connectivity index (χ2v) is 8.36. The molecule has 0 unspecified atom stereocenters. The van der Waals surface area contributed by atoms with E-state index in [1.54, 1.807) is 0 Å². The number of aromatic amines is 1. The lowest BCUT2D eigenvalue weighted by Crippen LogP contribution is -2.49. The highest BCUT2D eigenvalue weighted by Crippen LogP contribution is 2.22. The number of anilines is 1. The number of nitrogens with one attached hydrogen (secondary N) is 1. The number of H-pyrrole nitrogens is 1. The number of rotatable bonds is 3. The maximum Gasteiger partial charge on any atom is 0.243 e. The lowest BCUT2D eigenvalue weighted by Gasteiger charge is -2.33. The number of sulfonamides is 1. The molecule has 0 bridgehead atoms. The molecule has 1 saturated heterocycles. The first-order valence-corrected chi connectivity index (χ1v) is 9.84. The Kier molecular flexibility index (Phi) is 4.16. The van der Waals surface area contributed by atoms with Crippen molar-refractivity contribution in [2.75, 3.05) is 31.1 Å². The van der Waals surface area contributed by atoms with Gasteiger partial charge in [0.15, 0.2) is 0 Å². The molecule has 136 valence electrons. The third-order valence-electron chi connectivity index (χ3n) is 4.61. The highest BCUT2D eigenvalue weighted by molar-refractivity contribution is 7.89. The largest absolute Gasteiger partial charge is 0.340 e. The highest BCUT2D eigenvalue weighted by atomic mass is 32.2. The topological polar surface area (TPSA) is 69.3 Å². The molecule has 26 heavy (non-hydrogen) atoms. The van der Waals surface area contributed by atoms with E-state index in [1.165, 1.54) is 28.6 Å². The molecule has 0 saturated carbocycles. The second kappa shape index (κ2) is 6.37. The van der Waals surface area contributed by atoms with Crippen molar-refractivity contribution in [3.05, 3.63) is 53.8 Å². The van der Waals surface area contributed by atoms with Gasteiger partial charge in [-0.25, -0.2) is 17.8 Å². The van der Waals surface area contributed by atoms with Crippen LogP contribution in [0.5, 0.6) is 0 Å². The Labute approximate surface area is 151 Å². The summed E-state index contributed by atoms with van der Waals surface area (Å²) < 4.78 is 39.8. The molecule has 0 amide bonds. The van der Waals surface area contributed by atoms with E-state index in [2.05, 4.69) is 9.97 Å². The smallest absolute Gasteiger partial charge is 0.243 e. The lowest BCUT2D eigenvalue weighted by atomic mass is 10.2. The van der Waals surface area contributed by atoms with E-state index in [4.69, 9.17) is 0 Å². The predicted molar refractivity (Wildman–Crippen MR) is 98.2 cm³/mol. The van der Waals surface area contributed by atoms with E-state index in [0.29, 0.717) is 26.2 Å². The summed E-state index contributed by atoms with van der Waals surface area (Å²) in [6.45, 7) is 3.82. The van der Waals surface area contributed by atoms with Crippen molar-refractivity contribution in [2.45, 2.75) is 11.8 Å². The third-order valence-corrected chi connectivity index (χ3v) is 6.53. The molecule has 1 fully saturated rings. The minimum Gasteiger partial charge on any atom is -0.340 e. The van der Waals surface area contributed by atoms with Gasteiger partial charge in [0.05, 0.1) is 15.9 Å². The van der Waals surface area contributed by atoms with Crippen molar-refractivity contribution in [3.63, 3.8) is 0 Å². The molecule has 3 aromatic rings. The molecule has 0 radical (unpaired) electrons. The van der Waals surface area contributed by atoms with Gasteiger partial charge >= 0.3 is 0 Å². The zero-order valence-electron chi connectivity index (χ0n) is 14.3. The van der Waals surface area contributed by atoms with Gasteiger partial charge in [-0.1, -0.05) is 6.07 Å². The van der Waals surface area contributed by atoms with Crippen LogP contribution in [0.1, 0.15) is 5.56 Å². The maximum atomic E-state index is 13.0. The van der Waals surface area contributed by atoms with Gasteiger partial charge in [0.25, 0.3) is 0 Å². The predicted octanol–water partition coefficient (Wildman–Crippen LogP) is 2.52. The number of nitrogens with zero attached hydrogens (tertiary/aromatic N) is 3. The number of aryl methyl sites for hydroxylation is 1. The van der Waals surface area contributed by atoms with Gasteiger partial charge in [-0.05, 0) is 48.9 Å². The fourth-order valence-electron chi connectivity index (χ4n) is 3.16. The van der Waals surface area contributed by atoms with Crippen LogP contribution in [-0.4, -0.2) is 48.9 Å². The van der Waals surface area contributed by atoms with E-state index >= 15 is 0 Å². The number of piperazine rings is 1. The number of fused-ring (bicyclic) bond motifs is 1. The zero-order chi connectivity index (χ0) is 18.3. The first kappa shape index (κ1) is 17.0. The Bertz CT molecular complexity index is 1040. The molecule has 1 aliphatic rings. The quantitative estimate of drug-likeness (QED) is 0.765. The van der Waals surface area contributed by atoms with Crippen LogP contribution in [0.3, 0.4) is 0 Å². The molecule has 0 spiro atoms. The molecule has 0 aliphatic carbocycles. The first-order valence-electron chi connectivity index (χ1n) is 8.40. The number of benzene rings is 2. The molecule has 6 nitrogen and oxygen atoms in total. The summed E-state index contributed by atoms with van der Waals surface area (Å²) in [6.07, 6.45) is 0. The van der Waals surface area contributed by atoms with Gasteiger partial charge in [-0.2, -0.15) is 4.31 Å². The molecule has 2 aromatic carbocycles. The van der Waals surface area contributed by atoms with E-state index in [9.17, 15) is 12.8 Å². The number of hydrogen-bond donors (Lipinski definition) is 1. The number of halogens is 1. The lowest BCUT2D eigenvalue weighted by molar-refractivity contribution is 0.383. The van der Waals surface area contributed by atoms with Gasteiger partial charge in [-0.15, -0.1) is 0 Å². The minimum atomic E-state index is -3.61. The van der Waals surface area contributed by atoms with Gasteiger partial charge < -0.3 is 9.88 Å². The van der Waals surface area contributed by atoms with Crippen LogP contribution in [0.15, 0.2) is 47.4 Å². The SMILES string of the molecule is Cc1ccc2nc(N3CCN(S(=O)(=O)c4ccc(F)cc4)CC3)[nH]c2c1. The monoisotopic (exact) mass is 374 g/mol. The van der Waals surface area contributed by atoms with Crippen molar-refractivity contribution >= 4 is 27.0 Å². The van der Waals surface area contributed by atoms with Crippen LogP contribution < -0.4 is 4.90 Å². The zero-order valence-corrected chi connectivity index (χ0v) is 15.1. The summed E-state index contributed by atoms with van der Waals surface area (Å²) >= 11 is 0. The summed E-state index contributed by atoms with van der Waals surface area (Å²) in [5.41, 5.74) is 3.02. The van der Waals surface area contributed by atoms with Gasteiger partial charge in [0.2, 0.25) is 16.0 Å². The average Bonchev–Trinajstić information content (AvgIpc) is 3.05. The maximum absolute atomic E-state index is 13.0. The normalized spacial score (nSPS) is 16.3. The fraction of sp³-hybridized carbons (Fsp3) is 0.278. The van der Waals surface area contributed by atoms with Crippen molar-refractivity contribution in [1.29, 1.82) is 0 Å². The summed E-state index contributed by atoms with van der Waals surface area (Å²) in [5, 5.41) is 0. The molecule has 1 aromatic heterocycles. The summed E-state index contributed by atoms with van der Waals surface area (Å²) in [4.78, 5) is 10.1. The van der Waals surface area contributed by atoms with Crippen LogP contribution >= 0.6 is 0 Å². The van der Waals surface area contributed by atoms with Gasteiger partial charge in [0, 0.05) is 26.2 Å². The molecule has 1 aliphatic heterocycles. The third kappa shape index (κ3) is 3.06. The Morgan fingerprint density at radius 3 is 2.42 bits per heavy atom. The minimum absolute atomic E-state index is 0.117. The molecule has 4 rings (SSSR count). The summed E-state index contributed by atoms with van der Waals surface area (Å²) in [5.74, 6) is 0.304. The van der Waals surface area contributed by atoms with Crippen molar-refractivity contribution < 1.29 is 12.8 Å². The average molecular weight is 374 g/mol. The Hall–Kier alpha value is -2.45. The number of aromatic nitrogens is 2. The summed E-state index contributed by atoms with van der Waals surface area (Å²) in [6, 6.07) is 11.0. The Morgan fingerprint density at radius 2 is 1.73 bits per heavy atom. The van der Waals surface area contributed by atoms with E-state index < -0.39 is 15.8 Å². The van der Waals surface area contributed by atoms with Gasteiger partial charge in [0.1, 0.15) is 5.82 Å². The van der Waals surface area contributed by atoms with E-state index in [0.717, 1.165) is 22.5 Å². The standard InChI is InChI=1S/C18H19FN4O2S/c1-13-2-7-16-17(12-13)21-18(20-16)22-8-10-23(11-9-22)26(24,25)15-5-3-14(19)4-6-15/h2-7,12H,8-11H2,1H3,(H,20,21). The van der Waals surface area contributed by atoms with Crippen LogP contribution in [0.25, 0.3) is 11.0 Å². The molecular formula is C18H19FN4O2S. The molecular weight excluding hydrogens is 355 g/mol. The molecule has 1 N–H and O–H groups in total. The second-order valence-electron chi connectivity index (χ2n) is 6.43. The molecule has 2 heterocycles. The Morgan fingerprint density at radius 1 is 1.04 bits per heavy atom. The van der Waals surface area contributed by atoms with E-state index in [1.807, 2.05) is 30.0 Å². The van der Waals surface area contributed by atoms with Crippen molar-refractivity contribution in [3.8, 4) is 0 Å². The fourth-order valence-corrected chi connectivity index (χ4v) is 4.58. The summed E-state index contributed by atoms with van der Waals surface area (Å²) in [7, 11) is -3.61. The van der Waals surface area contributed by atoms with E-state index in [-0.39, 0.29) is 4.90 Å². The van der Waals surface area contributed by atoms with Crippen molar-refractivity contribution in [1.82, 2.24) is 14.3 Å². The van der Waals surface area contributed by atoms with Gasteiger partial charge in [-0.3, -0.25) is 0 Å². The molecule has 0 atom stereocenters.